The van der Waals surface area contributed by atoms with Crippen LogP contribution in [0.15, 0.2) is 59.5 Å². The highest BCUT2D eigenvalue weighted by molar-refractivity contribution is 7.89. The Bertz CT molecular complexity index is 705. The Morgan fingerprint density at radius 3 is 2.50 bits per heavy atom. The first-order valence-corrected chi connectivity index (χ1v) is 8.86. The van der Waals surface area contributed by atoms with E-state index in [-0.39, 0.29) is 4.90 Å². The van der Waals surface area contributed by atoms with Crippen LogP contribution in [0, 0.1) is 0 Å². The molecule has 1 N–H and O–H groups in total. The van der Waals surface area contributed by atoms with Crippen molar-refractivity contribution in [2.45, 2.75) is 11.3 Å². The summed E-state index contributed by atoms with van der Waals surface area (Å²) in [6.45, 7) is 1.15. The summed E-state index contributed by atoms with van der Waals surface area (Å²) in [5.41, 5.74) is 1.11. The van der Waals surface area contributed by atoms with E-state index in [4.69, 9.17) is 11.6 Å². The molecule has 0 radical (unpaired) electrons. The van der Waals surface area contributed by atoms with E-state index >= 15 is 0 Å². The number of anilines is 1. The fourth-order valence-corrected chi connectivity index (χ4v) is 3.43. The van der Waals surface area contributed by atoms with Gasteiger partial charge >= 0.3 is 0 Å². The van der Waals surface area contributed by atoms with E-state index in [1.54, 1.807) is 12.1 Å². The number of para-hydroxylation sites is 1. The molecule has 0 aliphatic heterocycles. The van der Waals surface area contributed by atoms with Crippen molar-refractivity contribution in [3.05, 3.63) is 59.6 Å². The summed E-state index contributed by atoms with van der Waals surface area (Å²) in [5.74, 6) is 0. The highest BCUT2D eigenvalue weighted by Crippen LogP contribution is 2.15. The van der Waals surface area contributed by atoms with Gasteiger partial charge in [-0.3, -0.25) is 0 Å². The molecule has 118 valence electrons. The number of benzene rings is 2. The molecule has 2 aromatic rings. The van der Waals surface area contributed by atoms with Gasteiger partial charge in [-0.15, -0.1) is 0 Å². The molecule has 0 bridgehead atoms. The van der Waals surface area contributed by atoms with E-state index in [0.29, 0.717) is 18.0 Å². The van der Waals surface area contributed by atoms with E-state index in [0.717, 1.165) is 12.2 Å². The molecule has 0 amide bonds. The van der Waals surface area contributed by atoms with Gasteiger partial charge < -0.3 is 4.90 Å². The predicted molar refractivity (Wildman–Crippen MR) is 91.0 cm³/mol. The van der Waals surface area contributed by atoms with Gasteiger partial charge in [-0.05, 0) is 36.8 Å². The minimum Gasteiger partial charge on any atom is -0.375 e. The Kier molecular flexibility index (Phi) is 5.83. The lowest BCUT2D eigenvalue weighted by atomic mass is 10.3. The van der Waals surface area contributed by atoms with E-state index in [2.05, 4.69) is 9.62 Å². The quantitative estimate of drug-likeness (QED) is 0.789. The second-order valence-electron chi connectivity index (χ2n) is 4.97. The van der Waals surface area contributed by atoms with Gasteiger partial charge in [0.2, 0.25) is 10.0 Å². The Morgan fingerprint density at radius 1 is 1.09 bits per heavy atom. The van der Waals surface area contributed by atoms with Crippen LogP contribution >= 0.6 is 11.6 Å². The molecule has 2 rings (SSSR count). The maximum Gasteiger partial charge on any atom is 0.240 e. The zero-order chi connectivity index (χ0) is 16.0. The summed E-state index contributed by atoms with van der Waals surface area (Å²) in [7, 11) is -1.51. The lowest BCUT2D eigenvalue weighted by Crippen LogP contribution is -2.28. The predicted octanol–water partition coefficient (Wildman–Crippen LogP) is 3.14. The van der Waals surface area contributed by atoms with Gasteiger partial charge in [0.1, 0.15) is 0 Å². The summed E-state index contributed by atoms with van der Waals surface area (Å²) in [6.07, 6.45) is 0.713. The Labute approximate surface area is 136 Å². The van der Waals surface area contributed by atoms with Gasteiger partial charge in [0.25, 0.3) is 0 Å². The molecule has 22 heavy (non-hydrogen) atoms. The van der Waals surface area contributed by atoms with Gasteiger partial charge in [-0.1, -0.05) is 35.9 Å². The molecule has 2 aromatic carbocycles. The smallest absolute Gasteiger partial charge is 0.240 e. The highest BCUT2D eigenvalue weighted by atomic mass is 35.5. The molecule has 0 aliphatic rings. The fourth-order valence-electron chi connectivity index (χ4n) is 2.05. The number of halogens is 1. The highest BCUT2D eigenvalue weighted by Gasteiger charge is 2.13. The van der Waals surface area contributed by atoms with Crippen LogP contribution in [0.5, 0.6) is 0 Å². The average Bonchev–Trinajstić information content (AvgIpc) is 2.52. The van der Waals surface area contributed by atoms with E-state index in [1.807, 2.05) is 37.4 Å². The number of hydrogen-bond acceptors (Lipinski definition) is 3. The van der Waals surface area contributed by atoms with E-state index < -0.39 is 10.0 Å². The Balaban J connectivity index is 1.83. The van der Waals surface area contributed by atoms with Crippen LogP contribution in [-0.2, 0) is 10.0 Å². The summed E-state index contributed by atoms with van der Waals surface area (Å²) < 4.78 is 26.8. The number of sulfonamides is 1. The molecular weight excluding hydrogens is 320 g/mol. The molecule has 0 saturated carbocycles. The summed E-state index contributed by atoms with van der Waals surface area (Å²) in [5, 5.41) is 0.409. The molecule has 6 heteroatoms. The van der Waals surface area contributed by atoms with Crippen molar-refractivity contribution in [3.63, 3.8) is 0 Å². The first-order valence-electron chi connectivity index (χ1n) is 7.00. The minimum atomic E-state index is -3.50. The zero-order valence-electron chi connectivity index (χ0n) is 12.4. The van der Waals surface area contributed by atoms with Crippen LogP contribution in [0.2, 0.25) is 5.02 Å². The number of nitrogens with one attached hydrogen (secondary N) is 1. The molecule has 0 fully saturated rings. The lowest BCUT2D eigenvalue weighted by Gasteiger charge is -2.19. The van der Waals surface area contributed by atoms with Gasteiger partial charge in [-0.25, -0.2) is 13.1 Å². The molecular formula is C16H19ClN2O2S. The van der Waals surface area contributed by atoms with E-state index in [9.17, 15) is 8.42 Å². The largest absolute Gasteiger partial charge is 0.375 e. The van der Waals surface area contributed by atoms with Crippen molar-refractivity contribution < 1.29 is 8.42 Å². The topological polar surface area (TPSA) is 49.4 Å². The maximum atomic E-state index is 12.1. The average molecular weight is 339 g/mol. The third-order valence-electron chi connectivity index (χ3n) is 3.27. The first-order chi connectivity index (χ1) is 10.5. The van der Waals surface area contributed by atoms with Crippen LogP contribution < -0.4 is 9.62 Å². The SMILES string of the molecule is CN(CCCNS(=O)(=O)c1cccc(Cl)c1)c1ccccc1. The van der Waals surface area contributed by atoms with Crippen molar-refractivity contribution in [1.82, 2.24) is 4.72 Å². The van der Waals surface area contributed by atoms with Crippen molar-refractivity contribution in [2.75, 3.05) is 25.0 Å². The van der Waals surface area contributed by atoms with Crippen molar-refractivity contribution >= 4 is 27.3 Å². The summed E-state index contributed by atoms with van der Waals surface area (Å²) >= 11 is 5.82. The van der Waals surface area contributed by atoms with Gasteiger partial charge in [0.15, 0.2) is 0 Å². The maximum absolute atomic E-state index is 12.1. The molecule has 4 nitrogen and oxygen atoms in total. The molecule has 0 aromatic heterocycles. The van der Waals surface area contributed by atoms with Crippen LogP contribution in [0.3, 0.4) is 0 Å². The summed E-state index contributed by atoms with van der Waals surface area (Å²) in [6, 6.07) is 16.2. The van der Waals surface area contributed by atoms with Crippen molar-refractivity contribution in [2.24, 2.45) is 0 Å². The first kappa shape index (κ1) is 16.8. The van der Waals surface area contributed by atoms with Crippen LogP contribution in [0.1, 0.15) is 6.42 Å². The lowest BCUT2D eigenvalue weighted by molar-refractivity contribution is 0.579. The molecule has 0 heterocycles. The second kappa shape index (κ2) is 7.63. The van der Waals surface area contributed by atoms with Crippen molar-refractivity contribution in [3.8, 4) is 0 Å². The second-order valence-corrected chi connectivity index (χ2v) is 7.17. The third-order valence-corrected chi connectivity index (χ3v) is 4.96. The molecule has 0 atom stereocenters. The minimum absolute atomic E-state index is 0.191. The number of hydrogen-bond donors (Lipinski definition) is 1. The van der Waals surface area contributed by atoms with Gasteiger partial charge in [0.05, 0.1) is 4.90 Å². The zero-order valence-corrected chi connectivity index (χ0v) is 13.9. The monoisotopic (exact) mass is 338 g/mol. The van der Waals surface area contributed by atoms with E-state index in [1.165, 1.54) is 12.1 Å². The third kappa shape index (κ3) is 4.73. The summed E-state index contributed by atoms with van der Waals surface area (Å²) in [4.78, 5) is 2.28. The van der Waals surface area contributed by atoms with Crippen LogP contribution in [-0.4, -0.2) is 28.6 Å². The number of nitrogens with zero attached hydrogens (tertiary/aromatic N) is 1. The fraction of sp³-hybridized carbons (Fsp3) is 0.250. The van der Waals surface area contributed by atoms with Gasteiger partial charge in [0, 0.05) is 30.8 Å². The van der Waals surface area contributed by atoms with Crippen molar-refractivity contribution in [1.29, 1.82) is 0 Å². The molecule has 0 saturated heterocycles. The molecule has 0 spiro atoms. The van der Waals surface area contributed by atoms with Crippen LogP contribution in [0.25, 0.3) is 0 Å². The molecule has 0 aliphatic carbocycles. The Morgan fingerprint density at radius 2 is 1.82 bits per heavy atom. The number of rotatable bonds is 7. The van der Waals surface area contributed by atoms with Gasteiger partial charge in [-0.2, -0.15) is 0 Å². The Hall–Kier alpha value is -1.56. The normalized spacial score (nSPS) is 11.4. The standard InChI is InChI=1S/C16H19ClN2O2S/c1-19(15-8-3-2-4-9-15)12-6-11-18-22(20,21)16-10-5-7-14(17)13-16/h2-5,7-10,13,18H,6,11-12H2,1H3. The van der Waals surface area contributed by atoms with Crippen LogP contribution in [0.4, 0.5) is 5.69 Å². The molecule has 0 unspecified atom stereocenters.